The number of nitrogens with one attached hydrogen (secondary N) is 1. The van der Waals surface area contributed by atoms with Gasteiger partial charge in [0.25, 0.3) is 0 Å². The smallest absolute Gasteiger partial charge is 0.317 e. The molecule has 2 bridgehead atoms. The number of rotatable bonds is 7. The Hall–Kier alpha value is -1.89. The van der Waals surface area contributed by atoms with Crippen molar-refractivity contribution in [1.29, 1.82) is 0 Å². The summed E-state index contributed by atoms with van der Waals surface area (Å²) in [6, 6.07) is 0.155. The Morgan fingerprint density at radius 1 is 1.09 bits per heavy atom. The molecule has 12 heteroatoms. The number of hydrogen-bond acceptors (Lipinski definition) is 5. The highest BCUT2D eigenvalue weighted by atomic mass is 32.2. The van der Waals surface area contributed by atoms with E-state index in [9.17, 15) is 26.4 Å². The molecule has 3 N–H and O–H groups in total. The minimum atomic E-state index is -3.59. The van der Waals surface area contributed by atoms with Gasteiger partial charge in [0.05, 0.1) is 19.0 Å². The number of carbonyl (C=O) groups excluding carboxylic acids is 1. The molecule has 1 unspecified atom stereocenters. The molecule has 190 valence electrons. The van der Waals surface area contributed by atoms with Crippen LogP contribution in [0.5, 0.6) is 0 Å². The molecule has 0 saturated carbocycles. The van der Waals surface area contributed by atoms with Crippen LogP contribution in [0.4, 0.5) is 18.0 Å². The lowest BCUT2D eigenvalue weighted by Gasteiger charge is -2.40. The van der Waals surface area contributed by atoms with Crippen LogP contribution in [0.3, 0.4) is 0 Å². The van der Waals surface area contributed by atoms with Gasteiger partial charge in [-0.1, -0.05) is 0 Å². The highest BCUT2D eigenvalue weighted by Crippen LogP contribution is 2.42. The van der Waals surface area contributed by atoms with E-state index < -0.39 is 33.5 Å². The summed E-state index contributed by atoms with van der Waals surface area (Å²) in [7, 11) is -3.59. The van der Waals surface area contributed by atoms with E-state index in [1.54, 1.807) is 9.21 Å². The van der Waals surface area contributed by atoms with Gasteiger partial charge in [0.1, 0.15) is 5.82 Å². The molecule has 3 aliphatic rings. The van der Waals surface area contributed by atoms with Gasteiger partial charge in [0.2, 0.25) is 10.0 Å². The number of sulfonamides is 1. The molecule has 0 aromatic heterocycles. The first kappa shape index (κ1) is 25.2. The van der Waals surface area contributed by atoms with Crippen LogP contribution in [0.1, 0.15) is 31.2 Å². The van der Waals surface area contributed by atoms with Crippen molar-refractivity contribution in [3.05, 3.63) is 35.1 Å². The number of carbonyl (C=O) groups is 1. The van der Waals surface area contributed by atoms with Crippen LogP contribution in [0, 0.1) is 23.4 Å². The lowest BCUT2D eigenvalue weighted by Crippen LogP contribution is -2.52. The normalized spacial score (nSPS) is 26.5. The Bertz CT molecular complexity index is 992. The molecule has 0 aliphatic carbocycles. The summed E-state index contributed by atoms with van der Waals surface area (Å²) >= 11 is 0. The van der Waals surface area contributed by atoms with Crippen molar-refractivity contribution in [2.75, 3.05) is 38.6 Å². The molecule has 3 fully saturated rings. The molecule has 4 atom stereocenters. The summed E-state index contributed by atoms with van der Waals surface area (Å²) in [4.78, 5) is 13.8. The topological polar surface area (TPSA) is 105 Å². The number of hydrogen-bond donors (Lipinski definition) is 2. The first-order valence-corrected chi connectivity index (χ1v) is 13.3. The lowest BCUT2D eigenvalue weighted by atomic mass is 9.83. The van der Waals surface area contributed by atoms with E-state index in [4.69, 9.17) is 10.5 Å². The highest BCUT2D eigenvalue weighted by molar-refractivity contribution is 7.89. The van der Waals surface area contributed by atoms with Crippen LogP contribution in [0.15, 0.2) is 12.1 Å². The Kier molecular flexibility index (Phi) is 7.70. The summed E-state index contributed by atoms with van der Waals surface area (Å²) in [5.41, 5.74) is 6.34. The first-order valence-electron chi connectivity index (χ1n) is 11.7. The maximum absolute atomic E-state index is 14.0. The second kappa shape index (κ2) is 10.4. The number of halogens is 3. The molecule has 2 amide bonds. The van der Waals surface area contributed by atoms with Gasteiger partial charge in [-0.05, 0) is 49.7 Å². The molecule has 1 aromatic rings. The van der Waals surface area contributed by atoms with Crippen molar-refractivity contribution < 1.29 is 31.1 Å². The van der Waals surface area contributed by atoms with Crippen molar-refractivity contribution in [3.63, 3.8) is 0 Å². The number of fused-ring (bicyclic) bond motifs is 2. The fourth-order valence-corrected chi connectivity index (χ4v) is 7.25. The van der Waals surface area contributed by atoms with E-state index in [-0.39, 0.29) is 48.3 Å². The van der Waals surface area contributed by atoms with Crippen molar-refractivity contribution in [1.82, 2.24) is 14.5 Å². The number of benzene rings is 1. The number of nitrogens with two attached hydrogens (primary N) is 1. The molecule has 3 aliphatic heterocycles. The summed E-state index contributed by atoms with van der Waals surface area (Å²) in [6.45, 7) is 1.91. The molecule has 1 aromatic carbocycles. The van der Waals surface area contributed by atoms with Crippen molar-refractivity contribution in [2.45, 2.75) is 50.2 Å². The highest BCUT2D eigenvalue weighted by Gasteiger charge is 2.47. The average Bonchev–Trinajstić information content (AvgIpc) is 3.09. The Morgan fingerprint density at radius 3 is 2.35 bits per heavy atom. The maximum atomic E-state index is 14.0. The Labute approximate surface area is 197 Å². The quantitative estimate of drug-likeness (QED) is 0.549. The zero-order valence-corrected chi connectivity index (χ0v) is 19.7. The van der Waals surface area contributed by atoms with Crippen LogP contribution in [-0.2, 0) is 21.2 Å². The number of nitrogens with zero attached hydrogens (tertiary/aromatic N) is 2. The van der Waals surface area contributed by atoms with Gasteiger partial charge < -0.3 is 20.7 Å². The van der Waals surface area contributed by atoms with E-state index in [2.05, 4.69) is 5.32 Å². The van der Waals surface area contributed by atoms with E-state index in [1.807, 2.05) is 0 Å². The van der Waals surface area contributed by atoms with E-state index in [1.165, 1.54) is 0 Å². The van der Waals surface area contributed by atoms with Gasteiger partial charge in [-0.3, -0.25) is 0 Å². The standard InChI is InChI=1S/C22H31F3N4O4S/c23-18-13-20(25)19(24)11-14(18)12-21(26)15-9-16-1-2-17(10-15)29(16)34(31,32)8-3-27-22(30)28-4-6-33-7-5-28/h11,13,15-17,21H,1-10,12,26H2,(H,27,30)/t15?,16-,17+,21-/m1/s1. The van der Waals surface area contributed by atoms with Gasteiger partial charge in [-0.2, -0.15) is 4.31 Å². The summed E-state index contributed by atoms with van der Waals surface area (Å²) in [5, 5.41) is 2.68. The second-order valence-corrected chi connectivity index (χ2v) is 11.3. The minimum absolute atomic E-state index is 0.0183. The van der Waals surface area contributed by atoms with Crippen molar-refractivity contribution in [3.8, 4) is 0 Å². The summed E-state index contributed by atoms with van der Waals surface area (Å²) in [6.07, 6.45) is 2.54. The molecule has 8 nitrogen and oxygen atoms in total. The monoisotopic (exact) mass is 504 g/mol. The molecule has 34 heavy (non-hydrogen) atoms. The van der Waals surface area contributed by atoms with Gasteiger partial charge in [-0.25, -0.2) is 26.4 Å². The average molecular weight is 505 g/mol. The predicted molar refractivity (Wildman–Crippen MR) is 119 cm³/mol. The Morgan fingerprint density at radius 2 is 1.71 bits per heavy atom. The van der Waals surface area contributed by atoms with E-state index >= 15 is 0 Å². The van der Waals surface area contributed by atoms with Gasteiger partial charge in [0.15, 0.2) is 11.6 Å². The maximum Gasteiger partial charge on any atom is 0.317 e. The van der Waals surface area contributed by atoms with Gasteiger partial charge >= 0.3 is 6.03 Å². The molecule has 0 spiro atoms. The molecular weight excluding hydrogens is 473 g/mol. The molecule has 4 rings (SSSR count). The van der Waals surface area contributed by atoms with E-state index in [0.717, 1.165) is 6.07 Å². The third-order valence-electron chi connectivity index (χ3n) is 7.11. The first-order chi connectivity index (χ1) is 16.2. The lowest BCUT2D eigenvalue weighted by molar-refractivity contribution is 0.0533. The zero-order chi connectivity index (χ0) is 24.5. The van der Waals surface area contributed by atoms with Crippen LogP contribution in [-0.4, -0.2) is 80.4 Å². The van der Waals surface area contributed by atoms with E-state index in [0.29, 0.717) is 58.1 Å². The zero-order valence-electron chi connectivity index (χ0n) is 18.9. The molecule has 3 saturated heterocycles. The number of piperidine rings is 1. The van der Waals surface area contributed by atoms with Crippen LogP contribution < -0.4 is 11.1 Å². The molecule has 3 heterocycles. The van der Waals surface area contributed by atoms with Crippen molar-refractivity contribution in [2.24, 2.45) is 11.7 Å². The van der Waals surface area contributed by atoms with Gasteiger partial charge in [0, 0.05) is 43.8 Å². The predicted octanol–water partition coefficient (Wildman–Crippen LogP) is 1.59. The fourth-order valence-electron chi connectivity index (χ4n) is 5.39. The fraction of sp³-hybridized carbons (Fsp3) is 0.682. The number of ether oxygens (including phenoxy) is 1. The third-order valence-corrected chi connectivity index (χ3v) is 9.07. The third kappa shape index (κ3) is 5.50. The summed E-state index contributed by atoms with van der Waals surface area (Å²) in [5.74, 6) is -3.45. The summed E-state index contributed by atoms with van der Waals surface area (Å²) < 4.78 is 73.7. The SMILES string of the molecule is N[C@H](Cc1cc(F)c(F)cc1F)C1C[C@H]2CC[C@@H](C1)N2S(=O)(=O)CCNC(=O)N1CCOCC1. The minimum Gasteiger partial charge on any atom is -0.378 e. The van der Waals surface area contributed by atoms with Crippen LogP contribution in [0.2, 0.25) is 0 Å². The van der Waals surface area contributed by atoms with Crippen LogP contribution >= 0.6 is 0 Å². The number of amides is 2. The molecular formula is C22H31F3N4O4S. The Balaban J connectivity index is 1.32. The van der Waals surface area contributed by atoms with Crippen molar-refractivity contribution >= 4 is 16.1 Å². The van der Waals surface area contributed by atoms with Crippen LogP contribution in [0.25, 0.3) is 0 Å². The van der Waals surface area contributed by atoms with Gasteiger partial charge in [-0.15, -0.1) is 0 Å². The number of urea groups is 1. The largest absolute Gasteiger partial charge is 0.378 e. The second-order valence-electron chi connectivity index (χ2n) is 9.32. The number of morpholine rings is 1. The molecule has 0 radical (unpaired) electrons.